The fourth-order valence-corrected chi connectivity index (χ4v) is 4.33. The average molecular weight is 498 g/mol. The highest BCUT2D eigenvalue weighted by molar-refractivity contribution is 7.98. The molecule has 4 heterocycles. The zero-order valence-electron chi connectivity index (χ0n) is 20.5. The van der Waals surface area contributed by atoms with Crippen LogP contribution in [0.2, 0.25) is 0 Å². The van der Waals surface area contributed by atoms with Gasteiger partial charge in [0.15, 0.2) is 16.6 Å². The number of carbonyl (C=O) groups excluding carboxylic acids is 1. The minimum Gasteiger partial charge on any atom is -0.444 e. The molecule has 1 amide bonds. The number of fused-ring (bicyclic) bond motifs is 1. The van der Waals surface area contributed by atoms with Crippen LogP contribution >= 0.6 is 11.8 Å². The van der Waals surface area contributed by atoms with Crippen molar-refractivity contribution in [3.05, 3.63) is 47.4 Å². The van der Waals surface area contributed by atoms with E-state index in [0.29, 0.717) is 47.5 Å². The van der Waals surface area contributed by atoms with Gasteiger partial charge in [0.05, 0.1) is 6.54 Å². The number of allylic oxidation sites excluding steroid dienone is 1. The maximum Gasteiger partial charge on any atom is 0.410 e. The highest BCUT2D eigenvalue weighted by Gasteiger charge is 2.27. The molecule has 0 spiro atoms. The Labute approximate surface area is 208 Å². The number of anilines is 1. The minimum absolute atomic E-state index is 0.165. The molecule has 1 aliphatic rings. The number of rotatable bonds is 6. The van der Waals surface area contributed by atoms with Gasteiger partial charge in [-0.1, -0.05) is 23.9 Å². The lowest BCUT2D eigenvalue weighted by Gasteiger charge is -2.33. The molecule has 1 fully saturated rings. The summed E-state index contributed by atoms with van der Waals surface area (Å²) in [5, 5.41) is 4.49. The molecule has 35 heavy (non-hydrogen) atoms. The molecule has 3 aromatic rings. The number of likely N-dealkylation sites (tertiary alicyclic amines) is 1. The van der Waals surface area contributed by atoms with Crippen molar-refractivity contribution < 1.29 is 9.53 Å². The number of aromatic nitrogens is 5. The monoisotopic (exact) mass is 497 g/mol. The first-order valence-corrected chi connectivity index (χ1v) is 12.8. The molecule has 0 aromatic carbocycles. The van der Waals surface area contributed by atoms with E-state index in [1.807, 2.05) is 45.2 Å². The minimum atomic E-state index is -0.507. The highest BCUT2D eigenvalue weighted by atomic mass is 32.2. The number of amides is 1. The Morgan fingerprint density at radius 3 is 2.69 bits per heavy atom. The molecule has 0 saturated carbocycles. The van der Waals surface area contributed by atoms with Crippen molar-refractivity contribution in [3.63, 3.8) is 0 Å². The summed E-state index contributed by atoms with van der Waals surface area (Å²) >= 11 is 1.41. The molecule has 1 saturated heterocycles. The first kappa shape index (κ1) is 24.8. The molecule has 0 bridgehead atoms. The normalized spacial score (nSPS) is 14.8. The van der Waals surface area contributed by atoms with Crippen LogP contribution in [0.15, 0.2) is 47.0 Å². The zero-order chi connectivity index (χ0) is 25.2. The Hall–Kier alpha value is -3.34. The van der Waals surface area contributed by atoms with Crippen molar-refractivity contribution in [2.45, 2.75) is 57.0 Å². The Balaban J connectivity index is 1.56. The smallest absolute Gasteiger partial charge is 0.410 e. The standard InChI is InChI=1S/C24H31N7O3S/c1-6-12-30-21(32)17-15-25-22(35-5)28-20(17)31(30)19-9-7-8-18(27-19)26-16-10-13-29(14-11-16)23(33)34-24(2,3)4/h6-9,15-16H,1,10-14H2,2-5H3,(H,26,27). The van der Waals surface area contributed by atoms with E-state index in [-0.39, 0.29) is 17.7 Å². The van der Waals surface area contributed by atoms with E-state index in [9.17, 15) is 9.59 Å². The van der Waals surface area contributed by atoms with Gasteiger partial charge in [-0.3, -0.25) is 4.79 Å². The maximum atomic E-state index is 13.0. The molecule has 0 unspecified atom stereocenters. The molecule has 0 aliphatic carbocycles. The summed E-state index contributed by atoms with van der Waals surface area (Å²) in [6.07, 6.45) is 6.41. The highest BCUT2D eigenvalue weighted by Crippen LogP contribution is 2.21. The summed E-state index contributed by atoms with van der Waals surface area (Å²) in [4.78, 5) is 40.7. The molecule has 1 N–H and O–H groups in total. The molecule has 11 heteroatoms. The molecule has 3 aromatic heterocycles. The van der Waals surface area contributed by atoms with Gasteiger partial charge in [0.1, 0.15) is 16.8 Å². The summed E-state index contributed by atoms with van der Waals surface area (Å²) in [5.74, 6) is 1.26. The van der Waals surface area contributed by atoms with Crippen molar-refractivity contribution in [2.75, 3.05) is 24.7 Å². The van der Waals surface area contributed by atoms with Crippen LogP contribution in [-0.2, 0) is 11.3 Å². The third kappa shape index (κ3) is 5.50. The summed E-state index contributed by atoms with van der Waals surface area (Å²) in [6.45, 7) is 10.9. The summed E-state index contributed by atoms with van der Waals surface area (Å²) in [5.41, 5.74) is -0.193. The number of piperidine rings is 1. The summed E-state index contributed by atoms with van der Waals surface area (Å²) < 4.78 is 8.76. The van der Waals surface area contributed by atoms with E-state index < -0.39 is 5.60 Å². The van der Waals surface area contributed by atoms with Crippen LogP contribution in [0.25, 0.3) is 16.9 Å². The second-order valence-corrected chi connectivity index (χ2v) is 10.1. The number of nitrogens with one attached hydrogen (secondary N) is 1. The molecule has 4 rings (SSSR count). The van der Waals surface area contributed by atoms with Crippen molar-refractivity contribution >= 4 is 34.7 Å². The Morgan fingerprint density at radius 1 is 1.29 bits per heavy atom. The van der Waals surface area contributed by atoms with Crippen molar-refractivity contribution in [1.82, 2.24) is 29.2 Å². The summed E-state index contributed by atoms with van der Waals surface area (Å²) in [6, 6.07) is 5.80. The average Bonchev–Trinajstić information content (AvgIpc) is 3.09. The number of thioether (sulfide) groups is 1. The van der Waals surface area contributed by atoms with Crippen LogP contribution in [0.4, 0.5) is 10.6 Å². The Kier molecular flexibility index (Phi) is 7.15. The van der Waals surface area contributed by atoms with Crippen LogP contribution in [0.3, 0.4) is 0 Å². The first-order chi connectivity index (χ1) is 16.7. The molecule has 0 radical (unpaired) electrons. The van der Waals surface area contributed by atoms with E-state index in [2.05, 4.69) is 21.9 Å². The van der Waals surface area contributed by atoms with E-state index in [1.54, 1.807) is 26.5 Å². The van der Waals surface area contributed by atoms with Gasteiger partial charge in [0.25, 0.3) is 5.56 Å². The second-order valence-electron chi connectivity index (χ2n) is 9.35. The molecule has 1 aliphatic heterocycles. The predicted molar refractivity (Wildman–Crippen MR) is 137 cm³/mol. The van der Waals surface area contributed by atoms with Crippen LogP contribution in [-0.4, -0.2) is 66.3 Å². The number of hydrogen-bond donors (Lipinski definition) is 1. The van der Waals surface area contributed by atoms with E-state index >= 15 is 0 Å². The van der Waals surface area contributed by atoms with Crippen LogP contribution in [0.1, 0.15) is 33.6 Å². The van der Waals surface area contributed by atoms with Gasteiger partial charge >= 0.3 is 6.09 Å². The SMILES string of the molecule is C=CCn1c(=O)c2cnc(SC)nc2n1-c1cccc(NC2CCN(C(=O)OC(C)(C)C)CC2)n1. The molecular weight excluding hydrogens is 466 g/mol. The van der Waals surface area contributed by atoms with Crippen LogP contribution in [0, 0.1) is 0 Å². The molecule has 10 nitrogen and oxygen atoms in total. The van der Waals surface area contributed by atoms with Crippen LogP contribution < -0.4 is 10.9 Å². The third-order valence-electron chi connectivity index (χ3n) is 5.59. The first-order valence-electron chi connectivity index (χ1n) is 11.6. The van der Waals surface area contributed by atoms with Gasteiger partial charge in [-0.05, 0) is 52.0 Å². The topological polar surface area (TPSA) is 107 Å². The molecule has 0 atom stereocenters. The van der Waals surface area contributed by atoms with Crippen molar-refractivity contribution in [3.8, 4) is 5.82 Å². The predicted octanol–water partition coefficient (Wildman–Crippen LogP) is 3.70. The number of pyridine rings is 1. The zero-order valence-corrected chi connectivity index (χ0v) is 21.3. The van der Waals surface area contributed by atoms with Crippen LogP contribution in [0.5, 0.6) is 0 Å². The Bertz CT molecular complexity index is 1290. The maximum absolute atomic E-state index is 13.0. The van der Waals surface area contributed by atoms with Gasteiger partial charge in [-0.25, -0.2) is 29.1 Å². The summed E-state index contributed by atoms with van der Waals surface area (Å²) in [7, 11) is 0. The number of carbonyl (C=O) groups is 1. The lowest BCUT2D eigenvalue weighted by Crippen LogP contribution is -2.44. The van der Waals surface area contributed by atoms with Crippen molar-refractivity contribution in [2.24, 2.45) is 0 Å². The fraction of sp³-hybridized carbons (Fsp3) is 0.458. The van der Waals surface area contributed by atoms with Gasteiger partial charge in [-0.2, -0.15) is 0 Å². The molecular formula is C24H31N7O3S. The van der Waals surface area contributed by atoms with Gasteiger partial charge < -0.3 is 15.0 Å². The van der Waals surface area contributed by atoms with Crippen molar-refractivity contribution in [1.29, 1.82) is 0 Å². The van der Waals surface area contributed by atoms with Gasteiger partial charge in [0.2, 0.25) is 0 Å². The number of nitrogens with zero attached hydrogens (tertiary/aromatic N) is 6. The molecule has 186 valence electrons. The lowest BCUT2D eigenvalue weighted by atomic mass is 10.1. The van der Waals surface area contributed by atoms with Gasteiger partial charge in [0, 0.05) is 25.3 Å². The van der Waals surface area contributed by atoms with Gasteiger partial charge in [-0.15, -0.1) is 6.58 Å². The Morgan fingerprint density at radius 2 is 2.03 bits per heavy atom. The third-order valence-corrected chi connectivity index (χ3v) is 6.15. The van der Waals surface area contributed by atoms with E-state index in [0.717, 1.165) is 12.8 Å². The number of ether oxygens (including phenoxy) is 1. The number of hydrogen-bond acceptors (Lipinski definition) is 8. The fourth-order valence-electron chi connectivity index (χ4n) is 3.99. The van der Waals surface area contributed by atoms with E-state index in [1.165, 1.54) is 11.8 Å². The largest absolute Gasteiger partial charge is 0.444 e. The second kappa shape index (κ2) is 10.1. The van der Waals surface area contributed by atoms with E-state index in [4.69, 9.17) is 9.72 Å². The lowest BCUT2D eigenvalue weighted by molar-refractivity contribution is 0.0210. The quantitative estimate of drug-likeness (QED) is 0.312.